The van der Waals surface area contributed by atoms with Gasteiger partial charge >= 0.3 is 5.97 Å². The van der Waals surface area contributed by atoms with Crippen molar-refractivity contribution in [3.05, 3.63) is 40.7 Å². The second-order valence-corrected chi connectivity index (χ2v) is 6.74. The molecule has 2 aromatic heterocycles. The number of hydrogen-bond donors (Lipinski definition) is 1. The van der Waals surface area contributed by atoms with E-state index in [-0.39, 0.29) is 16.5 Å². The first-order chi connectivity index (χ1) is 10.6. The molecule has 2 fully saturated rings. The lowest BCUT2D eigenvalue weighted by Crippen LogP contribution is -2.27. The van der Waals surface area contributed by atoms with Crippen LogP contribution < -0.4 is 4.73 Å². The molecule has 7 nitrogen and oxygen atoms in total. The van der Waals surface area contributed by atoms with E-state index in [4.69, 9.17) is 0 Å². The highest BCUT2D eigenvalue weighted by Crippen LogP contribution is 2.79. The van der Waals surface area contributed by atoms with Crippen LogP contribution in [0.3, 0.4) is 0 Å². The molecule has 1 N–H and O–H groups in total. The van der Waals surface area contributed by atoms with Crippen LogP contribution in [-0.2, 0) is 11.8 Å². The Morgan fingerprint density at radius 1 is 1.45 bits per heavy atom. The summed E-state index contributed by atoms with van der Waals surface area (Å²) >= 11 is 0. The molecule has 3 aliphatic rings. The number of aromatic nitrogens is 4. The molecule has 0 aromatic carbocycles. The van der Waals surface area contributed by atoms with Gasteiger partial charge in [-0.25, -0.2) is 14.5 Å². The molecule has 0 saturated heterocycles. The second-order valence-electron chi connectivity index (χ2n) is 6.74. The van der Waals surface area contributed by atoms with Crippen molar-refractivity contribution in [1.29, 1.82) is 0 Å². The zero-order valence-corrected chi connectivity index (χ0v) is 11.8. The highest BCUT2D eigenvalue weighted by atomic mass is 16.5. The first-order valence-electron chi connectivity index (χ1n) is 7.47. The Kier molecular flexibility index (Phi) is 1.92. The molecule has 2 aromatic rings. The summed E-state index contributed by atoms with van der Waals surface area (Å²) in [5.41, 5.74) is 2.26. The van der Waals surface area contributed by atoms with Crippen molar-refractivity contribution in [3.8, 4) is 5.82 Å². The molecule has 2 atom stereocenters. The zero-order valence-electron chi connectivity index (χ0n) is 11.8. The monoisotopic (exact) mass is 298 g/mol. The van der Waals surface area contributed by atoms with Crippen LogP contribution in [-0.4, -0.2) is 25.8 Å². The van der Waals surface area contributed by atoms with Gasteiger partial charge in [0, 0.05) is 11.0 Å². The van der Waals surface area contributed by atoms with E-state index in [1.165, 1.54) is 25.0 Å². The van der Waals surface area contributed by atoms with Gasteiger partial charge in [-0.2, -0.15) is 9.83 Å². The van der Waals surface area contributed by atoms with Crippen LogP contribution in [0.4, 0.5) is 0 Å². The molecular formula is C15H14N4O3. The maximum absolute atomic E-state index is 11.5. The lowest BCUT2D eigenvalue weighted by Gasteiger charge is -2.13. The lowest BCUT2D eigenvalue weighted by molar-refractivity contribution is -0.605. The summed E-state index contributed by atoms with van der Waals surface area (Å²) in [6.07, 6.45) is 9.39. The van der Waals surface area contributed by atoms with E-state index >= 15 is 0 Å². The molecule has 0 aliphatic heterocycles. The largest absolute Gasteiger partial charge is 0.619 e. The van der Waals surface area contributed by atoms with Crippen LogP contribution in [0, 0.1) is 10.6 Å². The molecule has 5 rings (SSSR count). The molecule has 2 heterocycles. The fraction of sp³-hybridized carbons (Fsp3) is 0.467. The lowest BCUT2D eigenvalue weighted by atomic mass is 9.97. The summed E-state index contributed by atoms with van der Waals surface area (Å²) in [5.74, 6) is -0.613. The van der Waals surface area contributed by atoms with Crippen molar-refractivity contribution in [3.63, 3.8) is 0 Å². The van der Waals surface area contributed by atoms with Crippen LogP contribution in [0.25, 0.3) is 5.82 Å². The third kappa shape index (κ3) is 1.19. The van der Waals surface area contributed by atoms with E-state index in [9.17, 15) is 15.1 Å². The first-order valence-corrected chi connectivity index (χ1v) is 7.47. The first kappa shape index (κ1) is 12.1. The van der Waals surface area contributed by atoms with Crippen molar-refractivity contribution < 1.29 is 14.6 Å². The third-order valence-electron chi connectivity index (χ3n) is 5.82. The van der Waals surface area contributed by atoms with Crippen molar-refractivity contribution in [2.75, 3.05) is 0 Å². The average molecular weight is 298 g/mol. The molecule has 0 bridgehead atoms. The standard InChI is InChI=1S/C15H14N4O3/c20-13(21)11-9-6-14-2-1-3-15(14,8-14)12(9)19(17-11)10-7-18(22)5-4-16-10/h4-5,7H,1-3,6,8H2,(H,20,21). The van der Waals surface area contributed by atoms with Gasteiger partial charge in [-0.15, -0.1) is 0 Å². The number of carboxylic acid groups (broad SMARTS) is 1. The Labute approximate surface area is 125 Å². The fourth-order valence-corrected chi connectivity index (χ4v) is 4.98. The molecule has 2 unspecified atom stereocenters. The highest BCUT2D eigenvalue weighted by molar-refractivity contribution is 5.88. The molecular weight excluding hydrogens is 284 g/mol. The van der Waals surface area contributed by atoms with E-state index in [1.807, 2.05) is 0 Å². The molecule has 0 radical (unpaired) electrons. The molecule has 0 amide bonds. The SMILES string of the molecule is O=C(O)c1nn(-c2c[n+]([O-])ccn2)c2c1CC13CCCC21C3. The minimum atomic E-state index is -1.01. The van der Waals surface area contributed by atoms with Crippen LogP contribution in [0.5, 0.6) is 0 Å². The Morgan fingerprint density at radius 3 is 3.09 bits per heavy atom. The number of nitrogens with zero attached hydrogens (tertiary/aromatic N) is 4. The molecule has 3 aliphatic carbocycles. The summed E-state index contributed by atoms with van der Waals surface area (Å²) < 4.78 is 2.27. The number of hydrogen-bond acceptors (Lipinski definition) is 4. The number of carboxylic acids is 1. The number of carbonyl (C=O) groups is 1. The second kappa shape index (κ2) is 3.48. The van der Waals surface area contributed by atoms with E-state index in [0.717, 1.165) is 36.9 Å². The number of rotatable bonds is 2. The minimum absolute atomic E-state index is 0.0638. The summed E-state index contributed by atoms with van der Waals surface area (Å²) in [5, 5.41) is 25.3. The maximum Gasteiger partial charge on any atom is 0.356 e. The Hall–Kier alpha value is -2.44. The van der Waals surface area contributed by atoms with Gasteiger partial charge in [0.25, 0.3) is 0 Å². The third-order valence-corrected chi connectivity index (χ3v) is 5.82. The zero-order chi connectivity index (χ0) is 15.1. The van der Waals surface area contributed by atoms with Crippen molar-refractivity contribution >= 4 is 5.97 Å². The molecule has 0 spiro atoms. The van der Waals surface area contributed by atoms with E-state index in [2.05, 4.69) is 10.1 Å². The van der Waals surface area contributed by atoms with Gasteiger partial charge in [0.1, 0.15) is 0 Å². The van der Waals surface area contributed by atoms with Gasteiger partial charge < -0.3 is 10.3 Å². The predicted molar refractivity (Wildman–Crippen MR) is 73.6 cm³/mol. The smallest absolute Gasteiger partial charge is 0.356 e. The van der Waals surface area contributed by atoms with Gasteiger partial charge in [-0.1, -0.05) is 6.42 Å². The summed E-state index contributed by atoms with van der Waals surface area (Å²) in [4.78, 5) is 15.8. The number of fused-ring (bicyclic) bond motifs is 1. The highest BCUT2D eigenvalue weighted by Gasteiger charge is 2.75. The van der Waals surface area contributed by atoms with Gasteiger partial charge in [-0.3, -0.25) is 0 Å². The van der Waals surface area contributed by atoms with Gasteiger partial charge in [0.15, 0.2) is 11.9 Å². The summed E-state index contributed by atoms with van der Waals surface area (Å²) in [6, 6.07) is 0. The van der Waals surface area contributed by atoms with E-state index < -0.39 is 5.97 Å². The van der Waals surface area contributed by atoms with Gasteiger partial charge in [-0.05, 0) is 31.1 Å². The maximum atomic E-state index is 11.5. The molecule has 7 heteroatoms. The Balaban J connectivity index is 1.78. The quantitative estimate of drug-likeness (QED) is 0.658. The Morgan fingerprint density at radius 2 is 2.32 bits per heavy atom. The van der Waals surface area contributed by atoms with E-state index in [0.29, 0.717) is 10.5 Å². The van der Waals surface area contributed by atoms with Gasteiger partial charge in [0.05, 0.1) is 11.9 Å². The normalized spacial score (nSPS) is 30.7. The van der Waals surface area contributed by atoms with Gasteiger partial charge in [0.2, 0.25) is 12.0 Å². The topological polar surface area (TPSA) is 95.0 Å². The van der Waals surface area contributed by atoms with E-state index in [1.54, 1.807) is 4.68 Å². The predicted octanol–water partition coefficient (Wildman–Crippen LogP) is 0.967. The van der Waals surface area contributed by atoms with Crippen molar-refractivity contribution in [1.82, 2.24) is 14.8 Å². The molecule has 22 heavy (non-hydrogen) atoms. The fourth-order valence-electron chi connectivity index (χ4n) is 4.98. The summed E-state index contributed by atoms with van der Waals surface area (Å²) in [7, 11) is 0. The van der Waals surface area contributed by atoms with Crippen LogP contribution in [0.2, 0.25) is 0 Å². The van der Waals surface area contributed by atoms with Crippen LogP contribution in [0.15, 0.2) is 18.6 Å². The van der Waals surface area contributed by atoms with Crippen molar-refractivity contribution in [2.45, 2.75) is 37.5 Å². The van der Waals surface area contributed by atoms with Crippen LogP contribution >= 0.6 is 0 Å². The average Bonchev–Trinajstić information content (AvgIpc) is 2.76. The van der Waals surface area contributed by atoms with Crippen LogP contribution in [0.1, 0.15) is 47.4 Å². The minimum Gasteiger partial charge on any atom is -0.619 e. The van der Waals surface area contributed by atoms with Crippen molar-refractivity contribution in [2.24, 2.45) is 5.41 Å². The molecule has 2 saturated carbocycles. The number of aromatic carboxylic acids is 1. The Bertz CT molecular complexity index is 841. The molecule has 112 valence electrons. The summed E-state index contributed by atoms with van der Waals surface area (Å²) in [6.45, 7) is 0.